The van der Waals surface area contributed by atoms with Gasteiger partial charge in [-0.2, -0.15) is 0 Å². The molecular formula is C14H14N2O5. The summed E-state index contributed by atoms with van der Waals surface area (Å²) >= 11 is 0. The minimum atomic E-state index is -0.482. The van der Waals surface area contributed by atoms with Crippen LogP contribution < -0.4 is 0 Å². The Hall–Kier alpha value is -2.44. The molecule has 2 aliphatic heterocycles. The summed E-state index contributed by atoms with van der Waals surface area (Å²) in [5.74, 6) is -0.390. The maximum atomic E-state index is 12.0. The molecule has 0 spiro atoms. The monoisotopic (exact) mass is 290 g/mol. The highest BCUT2D eigenvalue weighted by Gasteiger charge is 2.48. The normalized spacial score (nSPS) is 23.4. The number of ether oxygens (including phenoxy) is 1. The van der Waals surface area contributed by atoms with Crippen LogP contribution in [0.5, 0.6) is 0 Å². The van der Waals surface area contributed by atoms with Crippen LogP contribution in [-0.4, -0.2) is 33.8 Å². The second-order valence-electron chi connectivity index (χ2n) is 5.28. The number of fused-ring (bicyclic) bond motifs is 1. The van der Waals surface area contributed by atoms with Crippen molar-refractivity contribution >= 4 is 17.6 Å². The first kappa shape index (κ1) is 13.5. The number of hydrogen-bond donors (Lipinski definition) is 0. The SMILES string of the molecule is O=C(OCc1ccc([N+](=O)[O-])cc1)[C@H]1CC[C@@H]2CC(=O)N21. The van der Waals surface area contributed by atoms with Gasteiger partial charge in [-0.1, -0.05) is 0 Å². The number of carbonyl (C=O) groups excluding carboxylic acids is 2. The van der Waals surface area contributed by atoms with E-state index in [-0.39, 0.29) is 24.2 Å². The van der Waals surface area contributed by atoms with Crippen LogP contribution in [0.25, 0.3) is 0 Å². The second-order valence-corrected chi connectivity index (χ2v) is 5.28. The zero-order chi connectivity index (χ0) is 15.0. The summed E-state index contributed by atoms with van der Waals surface area (Å²) in [6.07, 6.45) is 2.03. The summed E-state index contributed by atoms with van der Waals surface area (Å²) in [6.45, 7) is 0.0556. The molecule has 2 aliphatic rings. The van der Waals surface area contributed by atoms with Gasteiger partial charge in [-0.25, -0.2) is 4.79 Å². The Kier molecular flexibility index (Phi) is 3.32. The average molecular weight is 290 g/mol. The fraction of sp³-hybridized carbons (Fsp3) is 0.429. The topological polar surface area (TPSA) is 89.7 Å². The molecule has 0 aliphatic carbocycles. The maximum absolute atomic E-state index is 12.0. The molecular weight excluding hydrogens is 276 g/mol. The summed E-state index contributed by atoms with van der Waals surface area (Å²) in [5.41, 5.74) is 0.674. The molecule has 7 nitrogen and oxygen atoms in total. The third-order valence-electron chi connectivity index (χ3n) is 4.00. The Morgan fingerprint density at radius 3 is 2.67 bits per heavy atom. The van der Waals surface area contributed by atoms with Gasteiger partial charge in [-0.15, -0.1) is 0 Å². The van der Waals surface area contributed by atoms with Gasteiger partial charge >= 0.3 is 5.97 Å². The maximum Gasteiger partial charge on any atom is 0.329 e. The molecule has 0 aromatic heterocycles. The van der Waals surface area contributed by atoms with E-state index in [0.29, 0.717) is 18.4 Å². The molecule has 2 heterocycles. The van der Waals surface area contributed by atoms with Gasteiger partial charge in [0.05, 0.1) is 4.92 Å². The van der Waals surface area contributed by atoms with Crippen LogP contribution in [0.15, 0.2) is 24.3 Å². The Balaban J connectivity index is 1.56. The van der Waals surface area contributed by atoms with E-state index in [1.807, 2.05) is 0 Å². The van der Waals surface area contributed by atoms with Crippen LogP contribution in [0.4, 0.5) is 5.69 Å². The number of carbonyl (C=O) groups is 2. The third-order valence-corrected chi connectivity index (χ3v) is 4.00. The first-order valence-electron chi connectivity index (χ1n) is 6.77. The molecule has 1 aromatic rings. The summed E-state index contributed by atoms with van der Waals surface area (Å²) in [7, 11) is 0. The van der Waals surface area contributed by atoms with Crippen molar-refractivity contribution in [3.05, 3.63) is 39.9 Å². The Labute approximate surface area is 120 Å². The summed E-state index contributed by atoms with van der Waals surface area (Å²) < 4.78 is 5.21. The second kappa shape index (κ2) is 5.16. The third kappa shape index (κ3) is 2.46. The lowest BCUT2D eigenvalue weighted by Crippen LogP contribution is -2.54. The van der Waals surface area contributed by atoms with E-state index >= 15 is 0 Å². The largest absolute Gasteiger partial charge is 0.459 e. The highest BCUT2D eigenvalue weighted by molar-refractivity contribution is 5.90. The lowest BCUT2D eigenvalue weighted by atomic mass is 10.0. The number of hydrogen-bond acceptors (Lipinski definition) is 5. The Morgan fingerprint density at radius 1 is 1.33 bits per heavy atom. The predicted octanol–water partition coefficient (Wildman–Crippen LogP) is 1.40. The van der Waals surface area contributed by atoms with E-state index in [1.165, 1.54) is 12.1 Å². The molecule has 0 unspecified atom stereocenters. The van der Waals surface area contributed by atoms with Gasteiger partial charge in [0.25, 0.3) is 5.69 Å². The minimum absolute atomic E-state index is 0.00473. The van der Waals surface area contributed by atoms with Gasteiger partial charge in [0.1, 0.15) is 12.6 Å². The van der Waals surface area contributed by atoms with Crippen molar-refractivity contribution in [2.45, 2.75) is 38.0 Å². The van der Waals surface area contributed by atoms with Crippen LogP contribution in [0.3, 0.4) is 0 Å². The predicted molar refractivity (Wildman–Crippen MR) is 71.2 cm³/mol. The molecule has 0 bridgehead atoms. The van der Waals surface area contributed by atoms with E-state index in [2.05, 4.69) is 0 Å². The first-order valence-corrected chi connectivity index (χ1v) is 6.77. The fourth-order valence-corrected chi connectivity index (χ4v) is 2.85. The molecule has 0 saturated carbocycles. The first-order chi connectivity index (χ1) is 10.1. The molecule has 0 N–H and O–H groups in total. The van der Waals surface area contributed by atoms with Crippen molar-refractivity contribution in [3.63, 3.8) is 0 Å². The quantitative estimate of drug-likeness (QED) is 0.362. The molecule has 21 heavy (non-hydrogen) atoms. The van der Waals surface area contributed by atoms with Crippen LogP contribution in [0.2, 0.25) is 0 Å². The van der Waals surface area contributed by atoms with Crippen LogP contribution in [0.1, 0.15) is 24.8 Å². The van der Waals surface area contributed by atoms with Crippen molar-refractivity contribution in [2.24, 2.45) is 0 Å². The van der Waals surface area contributed by atoms with E-state index in [9.17, 15) is 19.7 Å². The number of nitro groups is 1. The molecule has 7 heteroatoms. The summed E-state index contributed by atoms with van der Waals surface area (Å²) in [4.78, 5) is 35.1. The van der Waals surface area contributed by atoms with Crippen molar-refractivity contribution in [2.75, 3.05) is 0 Å². The Morgan fingerprint density at radius 2 is 2.05 bits per heavy atom. The molecule has 2 atom stereocenters. The number of amides is 1. The van der Waals surface area contributed by atoms with Crippen molar-refractivity contribution < 1.29 is 19.2 Å². The summed E-state index contributed by atoms with van der Waals surface area (Å²) in [6, 6.07) is 5.58. The number of esters is 1. The number of nitrogens with zero attached hydrogens (tertiary/aromatic N) is 2. The van der Waals surface area contributed by atoms with E-state index in [1.54, 1.807) is 17.0 Å². The molecule has 3 rings (SSSR count). The molecule has 0 radical (unpaired) electrons. The van der Waals surface area contributed by atoms with E-state index in [0.717, 1.165) is 6.42 Å². The fourth-order valence-electron chi connectivity index (χ4n) is 2.85. The van der Waals surface area contributed by atoms with Crippen molar-refractivity contribution in [3.8, 4) is 0 Å². The average Bonchev–Trinajstić information content (AvgIpc) is 2.82. The Bertz CT molecular complexity index is 598. The van der Waals surface area contributed by atoms with E-state index < -0.39 is 16.9 Å². The lowest BCUT2D eigenvalue weighted by Gasteiger charge is -2.37. The molecule has 1 aromatic carbocycles. The number of β-lactam (4-membered cyclic amide) rings is 1. The van der Waals surface area contributed by atoms with Gasteiger partial charge in [-0.05, 0) is 30.5 Å². The van der Waals surface area contributed by atoms with Gasteiger partial charge in [0.15, 0.2) is 0 Å². The number of rotatable bonds is 4. The van der Waals surface area contributed by atoms with Gasteiger partial charge in [0, 0.05) is 24.6 Å². The number of nitro benzene ring substituents is 1. The van der Waals surface area contributed by atoms with Gasteiger partial charge < -0.3 is 9.64 Å². The lowest BCUT2D eigenvalue weighted by molar-refractivity contribution is -0.384. The zero-order valence-corrected chi connectivity index (χ0v) is 11.2. The highest BCUT2D eigenvalue weighted by atomic mass is 16.6. The smallest absolute Gasteiger partial charge is 0.329 e. The van der Waals surface area contributed by atoms with Gasteiger partial charge in [0.2, 0.25) is 5.91 Å². The standard InChI is InChI=1S/C14H14N2O5/c17-13-7-11-5-6-12(15(11)13)14(18)21-8-9-1-3-10(4-2-9)16(19)20/h1-4,11-12H,5-8H2/t11-,12-/m1/s1. The summed E-state index contributed by atoms with van der Waals surface area (Å²) in [5, 5.41) is 10.5. The van der Waals surface area contributed by atoms with Crippen molar-refractivity contribution in [1.82, 2.24) is 4.90 Å². The molecule has 2 fully saturated rings. The van der Waals surface area contributed by atoms with Crippen LogP contribution >= 0.6 is 0 Å². The highest BCUT2D eigenvalue weighted by Crippen LogP contribution is 2.35. The zero-order valence-electron chi connectivity index (χ0n) is 11.2. The molecule has 1 amide bonds. The number of benzene rings is 1. The van der Waals surface area contributed by atoms with Gasteiger partial charge in [-0.3, -0.25) is 14.9 Å². The van der Waals surface area contributed by atoms with Crippen LogP contribution in [-0.2, 0) is 20.9 Å². The minimum Gasteiger partial charge on any atom is -0.459 e. The van der Waals surface area contributed by atoms with Crippen LogP contribution in [0, 0.1) is 10.1 Å². The van der Waals surface area contributed by atoms with E-state index in [4.69, 9.17) is 4.74 Å². The van der Waals surface area contributed by atoms with Crippen molar-refractivity contribution in [1.29, 1.82) is 0 Å². The number of non-ortho nitro benzene ring substituents is 1. The molecule has 2 saturated heterocycles. The molecule has 110 valence electrons.